The van der Waals surface area contributed by atoms with Crippen molar-refractivity contribution in [2.75, 3.05) is 0 Å². The molecule has 0 amide bonds. The van der Waals surface area contributed by atoms with Crippen molar-refractivity contribution in [1.29, 1.82) is 0 Å². The van der Waals surface area contributed by atoms with Crippen LogP contribution in [0.1, 0.15) is 22.1 Å². The highest BCUT2D eigenvalue weighted by Crippen LogP contribution is 2.31. The summed E-state index contributed by atoms with van der Waals surface area (Å²) in [7, 11) is 0. The molecule has 0 aliphatic heterocycles. The number of aliphatic hydroxyl groups excluding tert-OH is 1. The van der Waals surface area contributed by atoms with Crippen molar-refractivity contribution in [3.05, 3.63) is 55.1 Å². The van der Waals surface area contributed by atoms with Gasteiger partial charge in [-0.2, -0.15) is 0 Å². The summed E-state index contributed by atoms with van der Waals surface area (Å²) in [5.41, 5.74) is 1.80. The van der Waals surface area contributed by atoms with Gasteiger partial charge in [0.2, 0.25) is 0 Å². The van der Waals surface area contributed by atoms with E-state index in [1.54, 1.807) is 11.3 Å². The van der Waals surface area contributed by atoms with Gasteiger partial charge in [0.15, 0.2) is 0 Å². The zero-order valence-electron chi connectivity index (χ0n) is 9.28. The zero-order chi connectivity index (χ0) is 12.4. The van der Waals surface area contributed by atoms with Gasteiger partial charge < -0.3 is 5.11 Å². The zero-order valence-corrected chi connectivity index (χ0v) is 12.4. The van der Waals surface area contributed by atoms with Crippen molar-refractivity contribution in [2.24, 2.45) is 0 Å². The minimum atomic E-state index is -0.548. The number of hydrogen-bond acceptors (Lipinski definition) is 2. The molecular weight excluding hydrogens is 320 g/mol. The van der Waals surface area contributed by atoms with Crippen molar-refractivity contribution >= 4 is 38.9 Å². The largest absolute Gasteiger partial charge is 0.388 e. The lowest BCUT2D eigenvalue weighted by Crippen LogP contribution is -2.02. The molecule has 17 heavy (non-hydrogen) atoms. The minimum Gasteiger partial charge on any atom is -0.388 e. The van der Waals surface area contributed by atoms with Crippen LogP contribution >= 0.6 is 38.9 Å². The van der Waals surface area contributed by atoms with E-state index in [0.29, 0.717) is 11.4 Å². The molecule has 0 bridgehead atoms. The van der Waals surface area contributed by atoms with Gasteiger partial charge in [-0.25, -0.2) is 0 Å². The maximum absolute atomic E-state index is 10.2. The summed E-state index contributed by atoms with van der Waals surface area (Å²) in [5.74, 6) is 0. The molecule has 1 unspecified atom stereocenters. The fourth-order valence-corrected chi connectivity index (χ4v) is 3.46. The predicted octanol–water partition coefficient (Wildman–Crippen LogP) is 4.75. The third kappa shape index (κ3) is 3.10. The lowest BCUT2D eigenvalue weighted by molar-refractivity contribution is 0.179. The fraction of sp³-hybridized carbons (Fsp3) is 0.231. The Bertz CT molecular complexity index is 524. The average Bonchev–Trinajstić information content (AvgIpc) is 2.68. The van der Waals surface area contributed by atoms with Crippen molar-refractivity contribution in [1.82, 2.24) is 0 Å². The van der Waals surface area contributed by atoms with Crippen LogP contribution in [0.25, 0.3) is 0 Å². The van der Waals surface area contributed by atoms with Crippen LogP contribution in [0.3, 0.4) is 0 Å². The Morgan fingerprint density at radius 2 is 2.12 bits per heavy atom. The standard InChI is InChI=1S/C13H12BrClOS/c1-8-3-2-4-10(13(8)15)11(16)7-9-5-6-12(14)17-9/h2-6,11,16H,7H2,1H3. The first kappa shape index (κ1) is 13.1. The Labute approximate surface area is 118 Å². The molecule has 90 valence electrons. The van der Waals surface area contributed by atoms with E-state index in [1.807, 2.05) is 37.3 Å². The highest BCUT2D eigenvalue weighted by atomic mass is 79.9. The van der Waals surface area contributed by atoms with E-state index in [9.17, 15) is 5.11 Å². The molecule has 2 aromatic rings. The minimum absolute atomic E-state index is 0.548. The van der Waals surface area contributed by atoms with Crippen LogP contribution in [0.5, 0.6) is 0 Å². The molecular formula is C13H12BrClOS. The van der Waals surface area contributed by atoms with Crippen LogP contribution in [-0.2, 0) is 6.42 Å². The van der Waals surface area contributed by atoms with Crippen LogP contribution in [0.2, 0.25) is 5.02 Å². The van der Waals surface area contributed by atoms with Crippen LogP contribution in [0.15, 0.2) is 34.1 Å². The SMILES string of the molecule is Cc1cccc(C(O)Cc2ccc(Br)s2)c1Cl. The van der Waals surface area contributed by atoms with Gasteiger partial charge >= 0.3 is 0 Å². The maximum atomic E-state index is 10.2. The Hall–Kier alpha value is -0.350. The van der Waals surface area contributed by atoms with Crippen LogP contribution in [0.4, 0.5) is 0 Å². The first-order valence-electron chi connectivity index (χ1n) is 5.25. The number of aliphatic hydroxyl groups is 1. The van der Waals surface area contributed by atoms with Crippen molar-refractivity contribution < 1.29 is 5.11 Å². The van der Waals surface area contributed by atoms with Crippen molar-refractivity contribution in [3.63, 3.8) is 0 Å². The van der Waals surface area contributed by atoms with E-state index in [4.69, 9.17) is 11.6 Å². The first-order valence-corrected chi connectivity index (χ1v) is 7.24. The number of hydrogen-bond donors (Lipinski definition) is 1. The average molecular weight is 332 g/mol. The topological polar surface area (TPSA) is 20.2 Å². The summed E-state index contributed by atoms with van der Waals surface area (Å²) in [5, 5.41) is 10.9. The summed E-state index contributed by atoms with van der Waals surface area (Å²) in [6.45, 7) is 1.94. The third-order valence-corrected chi connectivity index (χ3v) is 4.77. The van der Waals surface area contributed by atoms with E-state index < -0.39 is 6.10 Å². The molecule has 1 nitrogen and oxygen atoms in total. The van der Waals surface area contributed by atoms with E-state index in [0.717, 1.165) is 19.8 Å². The Kier molecular flexibility index (Phi) is 4.26. The van der Waals surface area contributed by atoms with Gasteiger partial charge in [0.05, 0.1) is 9.89 Å². The maximum Gasteiger partial charge on any atom is 0.0852 e. The third-order valence-electron chi connectivity index (χ3n) is 2.60. The van der Waals surface area contributed by atoms with Gasteiger partial charge in [-0.3, -0.25) is 0 Å². The Balaban J connectivity index is 2.20. The Morgan fingerprint density at radius 3 is 2.76 bits per heavy atom. The first-order chi connectivity index (χ1) is 8.08. The predicted molar refractivity (Wildman–Crippen MR) is 76.9 cm³/mol. The molecule has 2 rings (SSSR count). The van der Waals surface area contributed by atoms with Gasteiger partial charge in [0.25, 0.3) is 0 Å². The number of benzene rings is 1. The van der Waals surface area contributed by atoms with Crippen LogP contribution in [0, 0.1) is 6.92 Å². The van der Waals surface area contributed by atoms with Crippen molar-refractivity contribution in [3.8, 4) is 0 Å². The molecule has 0 fully saturated rings. The molecule has 0 spiro atoms. The van der Waals surface area contributed by atoms with Gasteiger partial charge in [-0.15, -0.1) is 11.3 Å². The Morgan fingerprint density at radius 1 is 1.35 bits per heavy atom. The summed E-state index contributed by atoms with van der Waals surface area (Å²) >= 11 is 11.2. The van der Waals surface area contributed by atoms with E-state index >= 15 is 0 Å². The van der Waals surface area contributed by atoms with Gasteiger partial charge in [0.1, 0.15) is 0 Å². The summed E-state index contributed by atoms with van der Waals surface area (Å²) in [4.78, 5) is 1.14. The molecule has 1 heterocycles. The second-order valence-electron chi connectivity index (χ2n) is 3.90. The van der Waals surface area contributed by atoms with E-state index in [-0.39, 0.29) is 0 Å². The number of halogens is 2. The smallest absolute Gasteiger partial charge is 0.0852 e. The highest BCUT2D eigenvalue weighted by molar-refractivity contribution is 9.11. The molecule has 1 N–H and O–H groups in total. The molecule has 0 aliphatic rings. The lowest BCUT2D eigenvalue weighted by Gasteiger charge is -2.13. The molecule has 0 aliphatic carbocycles. The number of aryl methyl sites for hydroxylation is 1. The molecule has 1 aromatic carbocycles. The molecule has 0 saturated carbocycles. The van der Waals surface area contributed by atoms with Gasteiger partial charge in [-0.05, 0) is 46.1 Å². The monoisotopic (exact) mass is 330 g/mol. The van der Waals surface area contributed by atoms with Crippen molar-refractivity contribution in [2.45, 2.75) is 19.4 Å². The van der Waals surface area contributed by atoms with Gasteiger partial charge in [0, 0.05) is 16.3 Å². The summed E-state index contributed by atoms with van der Waals surface area (Å²) in [6.07, 6.45) is 0.0485. The number of thiophene rings is 1. The summed E-state index contributed by atoms with van der Waals surface area (Å²) in [6, 6.07) is 9.75. The molecule has 4 heteroatoms. The lowest BCUT2D eigenvalue weighted by atomic mass is 10.0. The van der Waals surface area contributed by atoms with E-state index in [1.165, 1.54) is 0 Å². The summed E-state index contributed by atoms with van der Waals surface area (Å²) < 4.78 is 1.08. The van der Waals surface area contributed by atoms with E-state index in [2.05, 4.69) is 15.9 Å². The quantitative estimate of drug-likeness (QED) is 0.860. The molecule has 0 saturated heterocycles. The number of rotatable bonds is 3. The van der Waals surface area contributed by atoms with Crippen LogP contribution in [-0.4, -0.2) is 5.11 Å². The molecule has 1 atom stereocenters. The molecule has 0 radical (unpaired) electrons. The second-order valence-corrected chi connectivity index (χ2v) is 6.83. The second kappa shape index (κ2) is 5.53. The highest BCUT2D eigenvalue weighted by Gasteiger charge is 2.14. The van der Waals surface area contributed by atoms with Gasteiger partial charge in [-0.1, -0.05) is 29.8 Å². The normalized spacial score (nSPS) is 12.7. The fourth-order valence-electron chi connectivity index (χ4n) is 1.69. The molecule has 1 aromatic heterocycles. The van der Waals surface area contributed by atoms with Crippen LogP contribution < -0.4 is 0 Å².